The first-order chi connectivity index (χ1) is 3.41. The molecular weight excluding hydrogens is 126 g/mol. The van der Waals surface area contributed by atoms with Gasteiger partial charge in [-0.2, -0.15) is 0 Å². The van der Waals surface area contributed by atoms with Gasteiger partial charge in [0.25, 0.3) is 0 Å². The average Bonchev–Trinajstić information content (AvgIpc) is 1.69. The Balaban J connectivity index is 2.68. The van der Waals surface area contributed by atoms with Crippen molar-refractivity contribution in [3.63, 3.8) is 0 Å². The fraction of sp³-hybridized carbons (Fsp3) is 0.500. The van der Waals surface area contributed by atoms with E-state index in [1.165, 1.54) is 0 Å². The van der Waals surface area contributed by atoms with Crippen LogP contribution in [0.15, 0.2) is 0 Å². The molecule has 0 aliphatic heterocycles. The lowest BCUT2D eigenvalue weighted by molar-refractivity contribution is 0.915. The summed E-state index contributed by atoms with van der Waals surface area (Å²) in [7, 11) is 0. The number of rotatable bonds is 4. The predicted octanol–water partition coefficient (Wildman–Crippen LogP) is 0.575. The zero-order valence-corrected chi connectivity index (χ0v) is 5.52. The van der Waals surface area contributed by atoms with E-state index in [1.807, 2.05) is 0 Å². The summed E-state index contributed by atoms with van der Waals surface area (Å²) in [5.74, 6) is 0. The lowest BCUT2D eigenvalue weighted by Gasteiger charge is -1.88. The number of nitrogens with one attached hydrogen (secondary N) is 1. The van der Waals surface area contributed by atoms with Gasteiger partial charge in [0.05, 0.1) is 0 Å². The van der Waals surface area contributed by atoms with Crippen LogP contribution < -0.4 is 5.32 Å². The van der Waals surface area contributed by atoms with E-state index in [-0.39, 0.29) is 0 Å². The Morgan fingerprint density at radius 3 is 1.86 bits per heavy atom. The molecule has 0 aliphatic rings. The molecule has 0 rings (SSSR count). The molecule has 3 heteroatoms. The Morgan fingerprint density at radius 1 is 1.14 bits per heavy atom. The second-order valence-electron chi connectivity index (χ2n) is 0.992. The second kappa shape index (κ2) is 6.14. The lowest BCUT2D eigenvalue weighted by Crippen LogP contribution is -2.16. The maximum Gasteiger partial charge on any atom is 0.0242 e. The fourth-order valence-electron chi connectivity index (χ4n) is 0.201. The van der Waals surface area contributed by atoms with Gasteiger partial charge in [-0.3, -0.25) is 0 Å². The number of thiocarbonyl (C=S) groups is 2. The summed E-state index contributed by atoms with van der Waals surface area (Å²) in [4.78, 5) is 0. The average molecular weight is 133 g/mol. The fourth-order valence-corrected chi connectivity index (χ4v) is 0.437. The zero-order valence-electron chi connectivity index (χ0n) is 3.89. The maximum atomic E-state index is 4.53. The molecule has 0 aromatic heterocycles. The van der Waals surface area contributed by atoms with E-state index < -0.39 is 0 Å². The third-order valence-corrected chi connectivity index (χ3v) is 0.789. The van der Waals surface area contributed by atoms with Gasteiger partial charge < -0.3 is 5.32 Å². The highest BCUT2D eigenvalue weighted by Crippen LogP contribution is 1.52. The molecule has 0 atom stereocenters. The minimum absolute atomic E-state index is 0.766. The van der Waals surface area contributed by atoms with E-state index in [1.54, 1.807) is 10.7 Å². The molecule has 0 unspecified atom stereocenters. The molecule has 0 heterocycles. The van der Waals surface area contributed by atoms with E-state index in [4.69, 9.17) is 0 Å². The minimum Gasteiger partial charge on any atom is -0.308 e. The van der Waals surface area contributed by atoms with Crippen molar-refractivity contribution in [2.24, 2.45) is 0 Å². The van der Waals surface area contributed by atoms with Crippen LogP contribution in [0.25, 0.3) is 0 Å². The van der Waals surface area contributed by atoms with Crippen LogP contribution in [-0.4, -0.2) is 23.8 Å². The van der Waals surface area contributed by atoms with Gasteiger partial charge in [0.2, 0.25) is 0 Å². The molecule has 0 bridgehead atoms. The molecule has 1 nitrogen and oxygen atoms in total. The summed E-state index contributed by atoms with van der Waals surface area (Å²) in [5, 5.41) is 6.24. The highest BCUT2D eigenvalue weighted by Gasteiger charge is 1.71. The maximum absolute atomic E-state index is 4.53. The molecule has 0 spiro atoms. The standard InChI is InChI=1S/C4H7NS2/c6-3-1-5-2-4-7/h3-5H,1-2H2. The van der Waals surface area contributed by atoms with Crippen molar-refractivity contribution in [3.05, 3.63) is 0 Å². The van der Waals surface area contributed by atoms with Crippen molar-refractivity contribution in [2.75, 3.05) is 13.1 Å². The molecule has 0 aliphatic carbocycles. The van der Waals surface area contributed by atoms with E-state index in [0.29, 0.717) is 0 Å². The third kappa shape index (κ3) is 6.14. The predicted molar refractivity (Wildman–Crippen MR) is 40.2 cm³/mol. The van der Waals surface area contributed by atoms with Crippen molar-refractivity contribution in [3.8, 4) is 0 Å². The second-order valence-corrected chi connectivity index (χ2v) is 1.66. The van der Waals surface area contributed by atoms with Gasteiger partial charge in [-0.1, -0.05) is 24.4 Å². The summed E-state index contributed by atoms with van der Waals surface area (Å²) in [6.45, 7) is 1.53. The Bertz CT molecular complexity index is 54.7. The molecule has 0 saturated heterocycles. The van der Waals surface area contributed by atoms with Crippen LogP contribution in [0.4, 0.5) is 0 Å². The smallest absolute Gasteiger partial charge is 0.0242 e. The Labute approximate surface area is 54.1 Å². The van der Waals surface area contributed by atoms with Gasteiger partial charge in [0.15, 0.2) is 0 Å². The van der Waals surface area contributed by atoms with Crippen LogP contribution >= 0.6 is 24.4 Å². The largest absolute Gasteiger partial charge is 0.308 e. The number of hydrogen-bond acceptors (Lipinski definition) is 3. The minimum atomic E-state index is 0.766. The topological polar surface area (TPSA) is 12.0 Å². The van der Waals surface area contributed by atoms with E-state index >= 15 is 0 Å². The van der Waals surface area contributed by atoms with Crippen molar-refractivity contribution >= 4 is 35.2 Å². The van der Waals surface area contributed by atoms with Crippen molar-refractivity contribution in [2.45, 2.75) is 0 Å². The van der Waals surface area contributed by atoms with Crippen molar-refractivity contribution < 1.29 is 0 Å². The molecule has 40 valence electrons. The highest BCUT2D eigenvalue weighted by molar-refractivity contribution is 7.79. The molecular formula is C4H7NS2. The quantitative estimate of drug-likeness (QED) is 0.445. The van der Waals surface area contributed by atoms with Crippen LogP contribution in [0.5, 0.6) is 0 Å². The highest BCUT2D eigenvalue weighted by atomic mass is 32.1. The first kappa shape index (κ1) is 7.14. The summed E-state index contributed by atoms with van der Waals surface area (Å²) in [6, 6.07) is 0. The Kier molecular flexibility index (Phi) is 6.26. The first-order valence-corrected chi connectivity index (χ1v) is 2.94. The Morgan fingerprint density at radius 2 is 1.57 bits per heavy atom. The zero-order chi connectivity index (χ0) is 5.54. The Hall–Kier alpha value is 0.140. The van der Waals surface area contributed by atoms with Gasteiger partial charge in [0.1, 0.15) is 0 Å². The van der Waals surface area contributed by atoms with E-state index in [2.05, 4.69) is 29.8 Å². The molecule has 0 amide bonds. The van der Waals surface area contributed by atoms with Gasteiger partial charge >= 0.3 is 0 Å². The SMILES string of the molecule is S=CCNCC=S. The molecule has 0 fully saturated rings. The molecule has 0 aromatic rings. The molecule has 1 N–H and O–H groups in total. The summed E-state index contributed by atoms with van der Waals surface area (Å²) >= 11 is 9.06. The first-order valence-electron chi connectivity index (χ1n) is 2.00. The normalized spacial score (nSPS) is 8.00. The van der Waals surface area contributed by atoms with Crippen molar-refractivity contribution in [1.82, 2.24) is 5.32 Å². The molecule has 7 heavy (non-hydrogen) atoms. The van der Waals surface area contributed by atoms with E-state index in [9.17, 15) is 0 Å². The monoisotopic (exact) mass is 133 g/mol. The van der Waals surface area contributed by atoms with Crippen LogP contribution in [0.3, 0.4) is 0 Å². The molecule has 0 saturated carbocycles. The van der Waals surface area contributed by atoms with Crippen LogP contribution in [0.2, 0.25) is 0 Å². The third-order valence-electron chi connectivity index (χ3n) is 0.455. The van der Waals surface area contributed by atoms with Crippen LogP contribution in [0, 0.1) is 0 Å². The van der Waals surface area contributed by atoms with Crippen LogP contribution in [-0.2, 0) is 0 Å². The lowest BCUT2D eigenvalue weighted by atomic mass is 10.7. The molecule has 0 radical (unpaired) electrons. The summed E-state index contributed by atoms with van der Waals surface area (Å²) < 4.78 is 0. The van der Waals surface area contributed by atoms with Gasteiger partial charge in [-0.15, -0.1) is 0 Å². The van der Waals surface area contributed by atoms with Gasteiger partial charge in [-0.25, -0.2) is 0 Å². The van der Waals surface area contributed by atoms with Gasteiger partial charge in [-0.05, 0) is 10.7 Å². The van der Waals surface area contributed by atoms with E-state index in [0.717, 1.165) is 13.1 Å². The molecule has 0 aromatic carbocycles. The number of hydrogen-bond donors (Lipinski definition) is 1. The van der Waals surface area contributed by atoms with Crippen molar-refractivity contribution in [1.29, 1.82) is 0 Å². The van der Waals surface area contributed by atoms with Gasteiger partial charge in [0, 0.05) is 13.1 Å². The summed E-state index contributed by atoms with van der Waals surface area (Å²) in [6.07, 6.45) is 0. The summed E-state index contributed by atoms with van der Waals surface area (Å²) in [5.41, 5.74) is 0. The van der Waals surface area contributed by atoms with Crippen LogP contribution in [0.1, 0.15) is 0 Å².